The van der Waals surface area contributed by atoms with Crippen molar-refractivity contribution < 1.29 is 18.1 Å². The van der Waals surface area contributed by atoms with Gasteiger partial charge in [0.25, 0.3) is 11.5 Å². The number of nitrogens with one attached hydrogen (secondary N) is 1. The lowest BCUT2D eigenvalue weighted by Gasteiger charge is -2.39. The predicted molar refractivity (Wildman–Crippen MR) is 174 cm³/mol. The number of alkyl halides is 2. The minimum atomic E-state index is -2.97. The van der Waals surface area contributed by atoms with E-state index in [1.54, 1.807) is 16.7 Å². The molecule has 7 rings (SSSR count). The zero-order chi connectivity index (χ0) is 31.8. The van der Waals surface area contributed by atoms with E-state index in [4.69, 9.17) is 0 Å². The smallest absolute Gasteiger partial charge is 0.276 e. The van der Waals surface area contributed by atoms with Crippen molar-refractivity contribution in [3.8, 4) is 0 Å². The summed E-state index contributed by atoms with van der Waals surface area (Å²) in [7, 11) is -0.852. The molecule has 8 nitrogen and oxygen atoms in total. The molecule has 244 valence electrons. The van der Waals surface area contributed by atoms with Crippen molar-refractivity contribution in [1.29, 1.82) is 0 Å². The number of anilines is 1. The van der Waals surface area contributed by atoms with E-state index in [9.17, 15) is 14.1 Å². The van der Waals surface area contributed by atoms with E-state index in [0.29, 0.717) is 92.2 Å². The predicted octanol–water partition coefficient (Wildman–Crippen LogP) is 5.72. The monoisotopic (exact) mass is 641 g/mol. The third-order valence-electron chi connectivity index (χ3n) is 10.1. The molecule has 2 saturated heterocycles. The van der Waals surface area contributed by atoms with Crippen LogP contribution in [0.4, 0.5) is 14.6 Å². The molecule has 2 atom stereocenters. The molecular formula is C34H45F2N5O3S. The highest BCUT2D eigenvalue weighted by molar-refractivity contribution is 7.85. The molecular weight excluding hydrogens is 596 g/mol. The average Bonchev–Trinajstić information content (AvgIpc) is 3.02. The van der Waals surface area contributed by atoms with Crippen molar-refractivity contribution in [2.75, 3.05) is 36.5 Å². The summed E-state index contributed by atoms with van der Waals surface area (Å²) in [6, 6.07) is 8.22. The van der Waals surface area contributed by atoms with Crippen molar-refractivity contribution in [2.45, 2.75) is 95.2 Å². The zero-order valence-corrected chi connectivity index (χ0v) is 27.1. The molecule has 1 aromatic carbocycles. The average molecular weight is 642 g/mol. The number of nitrogens with zero attached hydrogens (tertiary/aromatic N) is 4. The first kappa shape index (κ1) is 32.2. The molecule has 1 unspecified atom stereocenters. The number of pyridine rings is 1. The second-order valence-electron chi connectivity index (χ2n) is 13.6. The van der Waals surface area contributed by atoms with Gasteiger partial charge in [-0.25, -0.2) is 18.7 Å². The van der Waals surface area contributed by atoms with Crippen molar-refractivity contribution >= 4 is 27.7 Å². The Bertz CT molecular complexity index is 1590. The first-order chi connectivity index (χ1) is 21.5. The van der Waals surface area contributed by atoms with Crippen LogP contribution >= 0.6 is 0 Å². The summed E-state index contributed by atoms with van der Waals surface area (Å²) >= 11 is 0. The summed E-state index contributed by atoms with van der Waals surface area (Å²) in [5.41, 5.74) is 0.982. The highest BCUT2D eigenvalue weighted by Crippen LogP contribution is 2.42. The number of piperidine rings is 1. The van der Waals surface area contributed by atoms with E-state index in [2.05, 4.69) is 20.2 Å². The van der Waals surface area contributed by atoms with Crippen LogP contribution in [0.1, 0.15) is 93.9 Å². The first-order valence-electron chi connectivity index (χ1n) is 16.4. The molecule has 8 bridgehead atoms. The fourth-order valence-corrected chi connectivity index (χ4v) is 8.73. The van der Waals surface area contributed by atoms with Crippen LogP contribution in [0.25, 0.3) is 11.0 Å². The van der Waals surface area contributed by atoms with Gasteiger partial charge in [-0.3, -0.25) is 13.6 Å². The molecule has 2 aromatic heterocycles. The SMILES string of the molecule is C[C@H]1Nc2ncnc3c2cc(C2CCS(=O)CC2)c(=O)n3CCCCCC(C)(O)CN2CCC(CC2)C(F)(F)c2cccc1c2. The second-order valence-corrected chi connectivity index (χ2v) is 15.3. The fraction of sp³-hybridized carbons (Fsp3) is 0.618. The van der Waals surface area contributed by atoms with Gasteiger partial charge in [-0.05, 0) is 89.1 Å². The van der Waals surface area contributed by atoms with Crippen molar-refractivity contribution in [1.82, 2.24) is 19.4 Å². The number of aliphatic hydroxyl groups is 1. The van der Waals surface area contributed by atoms with E-state index in [0.717, 1.165) is 24.8 Å². The number of aromatic nitrogens is 3. The van der Waals surface area contributed by atoms with E-state index in [-0.39, 0.29) is 23.1 Å². The summed E-state index contributed by atoms with van der Waals surface area (Å²) in [6.45, 7) is 5.78. The van der Waals surface area contributed by atoms with Crippen molar-refractivity contribution in [3.63, 3.8) is 0 Å². The largest absolute Gasteiger partial charge is 0.389 e. The number of hydrogen-bond acceptors (Lipinski definition) is 7. The Morgan fingerprint density at radius 3 is 2.53 bits per heavy atom. The summed E-state index contributed by atoms with van der Waals surface area (Å²) < 4.78 is 45.7. The Hall–Kier alpha value is -2.76. The van der Waals surface area contributed by atoms with Crippen LogP contribution in [0.15, 0.2) is 41.5 Å². The van der Waals surface area contributed by atoms with Gasteiger partial charge in [-0.2, -0.15) is 0 Å². The molecule has 2 N–H and O–H groups in total. The standard InChI is InChI=1S/C34H45F2N5O3S/c1-23-25-7-6-8-27(19-25)34(35,36)26-9-15-40(16-10-26)21-33(2,43)13-4-3-5-14-41-31-29(30(39-23)37-22-38-31)20-28(32(41)42)24-11-17-45(44)18-12-24/h6-8,19-20,22-24,26,43H,3-5,9-18,21H2,1-2H3,(H,37,38,39)/t23-,24?,33?,45?/m1/s1. The van der Waals surface area contributed by atoms with Crippen LogP contribution in [0.2, 0.25) is 0 Å². The summed E-state index contributed by atoms with van der Waals surface area (Å²) in [4.78, 5) is 25.2. The van der Waals surface area contributed by atoms with Gasteiger partial charge in [0, 0.05) is 58.5 Å². The third-order valence-corrected chi connectivity index (χ3v) is 11.5. The maximum absolute atomic E-state index is 15.9. The van der Waals surface area contributed by atoms with E-state index in [1.807, 2.05) is 26.0 Å². The molecule has 0 radical (unpaired) electrons. The Morgan fingerprint density at radius 1 is 1.02 bits per heavy atom. The van der Waals surface area contributed by atoms with Crippen LogP contribution in [0, 0.1) is 5.92 Å². The quantitative estimate of drug-likeness (QED) is 0.351. The van der Waals surface area contributed by atoms with Crippen LogP contribution in [0.3, 0.4) is 0 Å². The fourth-order valence-electron chi connectivity index (χ4n) is 7.43. The molecule has 0 amide bonds. The first-order valence-corrected chi connectivity index (χ1v) is 17.9. The normalized spacial score (nSPS) is 31.3. The maximum Gasteiger partial charge on any atom is 0.276 e. The van der Waals surface area contributed by atoms with Crippen LogP contribution in [0.5, 0.6) is 0 Å². The van der Waals surface area contributed by atoms with E-state index in [1.165, 1.54) is 12.4 Å². The molecule has 2 fully saturated rings. The van der Waals surface area contributed by atoms with Gasteiger partial charge in [0.15, 0.2) is 0 Å². The van der Waals surface area contributed by atoms with Gasteiger partial charge >= 0.3 is 0 Å². The van der Waals surface area contributed by atoms with Gasteiger partial charge in [0.05, 0.1) is 11.0 Å². The zero-order valence-electron chi connectivity index (χ0n) is 26.3. The minimum absolute atomic E-state index is 0.00480. The van der Waals surface area contributed by atoms with Crippen molar-refractivity contribution in [3.05, 3.63) is 63.7 Å². The number of benzene rings is 1. The molecule has 0 saturated carbocycles. The molecule has 0 aliphatic carbocycles. The van der Waals surface area contributed by atoms with Gasteiger partial charge in [-0.1, -0.05) is 31.0 Å². The Morgan fingerprint density at radius 2 is 1.78 bits per heavy atom. The Kier molecular flexibility index (Phi) is 9.41. The number of halogens is 2. The van der Waals surface area contributed by atoms with Gasteiger partial charge < -0.3 is 15.3 Å². The maximum atomic E-state index is 15.9. The van der Waals surface area contributed by atoms with Crippen LogP contribution in [-0.2, 0) is 23.3 Å². The minimum Gasteiger partial charge on any atom is -0.389 e. The molecule has 0 spiro atoms. The number of hydrogen-bond donors (Lipinski definition) is 2. The third kappa shape index (κ3) is 7.00. The number of fused-ring (bicyclic) bond motifs is 9. The second kappa shape index (κ2) is 13.2. The lowest BCUT2D eigenvalue weighted by atomic mass is 9.85. The van der Waals surface area contributed by atoms with Gasteiger partial charge in [0.1, 0.15) is 17.8 Å². The summed E-state index contributed by atoms with van der Waals surface area (Å²) in [5, 5.41) is 15.3. The van der Waals surface area contributed by atoms with Crippen molar-refractivity contribution in [2.24, 2.45) is 5.92 Å². The molecule has 4 aliphatic rings. The Balaban J connectivity index is 1.40. The molecule has 4 aliphatic heterocycles. The number of aryl methyl sites for hydroxylation is 1. The molecule has 6 heterocycles. The van der Waals surface area contributed by atoms with Crippen LogP contribution < -0.4 is 10.9 Å². The summed E-state index contributed by atoms with van der Waals surface area (Å²) in [6.07, 6.45) is 6.54. The number of rotatable bonds is 1. The molecule has 45 heavy (non-hydrogen) atoms. The highest BCUT2D eigenvalue weighted by Gasteiger charge is 2.43. The van der Waals surface area contributed by atoms with Crippen LogP contribution in [-0.4, -0.2) is 65.5 Å². The lowest BCUT2D eigenvalue weighted by Crippen LogP contribution is -2.46. The van der Waals surface area contributed by atoms with Gasteiger partial charge in [-0.15, -0.1) is 0 Å². The molecule has 3 aromatic rings. The summed E-state index contributed by atoms with van der Waals surface area (Å²) in [5.74, 6) is -2.02. The lowest BCUT2D eigenvalue weighted by molar-refractivity contribution is -0.0912. The van der Waals surface area contributed by atoms with Gasteiger partial charge in [0.2, 0.25) is 0 Å². The van der Waals surface area contributed by atoms with E-state index < -0.39 is 28.2 Å². The van der Waals surface area contributed by atoms with E-state index >= 15 is 8.78 Å². The Labute approximate surface area is 266 Å². The topological polar surface area (TPSA) is 100 Å². The molecule has 11 heteroatoms. The highest BCUT2D eigenvalue weighted by atomic mass is 32.2.